The van der Waals surface area contributed by atoms with E-state index in [9.17, 15) is 19.5 Å². The zero-order valence-electron chi connectivity index (χ0n) is 22.2. The van der Waals surface area contributed by atoms with E-state index in [1.807, 2.05) is 23.1 Å². The fraction of sp³-hybridized carbons (Fsp3) is 0.500. The zero-order valence-corrected chi connectivity index (χ0v) is 22.2. The van der Waals surface area contributed by atoms with Crippen LogP contribution < -0.4 is 14.4 Å². The Labute approximate surface area is 223 Å². The van der Waals surface area contributed by atoms with Crippen LogP contribution in [0.25, 0.3) is 0 Å². The smallest absolute Gasteiger partial charge is 0.308 e. The van der Waals surface area contributed by atoms with E-state index in [1.54, 1.807) is 41.4 Å². The third kappa shape index (κ3) is 6.07. The highest BCUT2D eigenvalue weighted by Gasteiger charge is 2.47. The molecule has 0 spiro atoms. The first-order valence-electron chi connectivity index (χ1n) is 13.1. The van der Waals surface area contributed by atoms with Crippen LogP contribution in [0.15, 0.2) is 42.7 Å². The van der Waals surface area contributed by atoms with Crippen molar-refractivity contribution in [2.24, 2.45) is 5.92 Å². The first-order valence-corrected chi connectivity index (χ1v) is 13.1. The van der Waals surface area contributed by atoms with Crippen LogP contribution in [0.1, 0.15) is 44.6 Å². The first kappa shape index (κ1) is 27.4. The van der Waals surface area contributed by atoms with Gasteiger partial charge in [0.25, 0.3) is 0 Å². The Hall–Kier alpha value is -3.66. The lowest BCUT2D eigenvalue weighted by Crippen LogP contribution is -2.45. The summed E-state index contributed by atoms with van der Waals surface area (Å²) in [5, 5.41) is 10.4. The normalized spacial score (nSPS) is 20.3. The second-order valence-corrected chi connectivity index (χ2v) is 9.92. The maximum Gasteiger partial charge on any atom is 0.308 e. The number of carbonyl (C=O) groups excluding carboxylic acids is 2. The Morgan fingerprint density at radius 3 is 2.63 bits per heavy atom. The fourth-order valence-corrected chi connectivity index (χ4v) is 5.30. The molecular weight excluding hydrogens is 488 g/mol. The van der Waals surface area contributed by atoms with E-state index in [0.717, 1.165) is 24.1 Å². The lowest BCUT2D eigenvalue weighted by atomic mass is 9.84. The van der Waals surface area contributed by atoms with Crippen LogP contribution in [0, 0.1) is 5.92 Å². The molecule has 0 radical (unpaired) electrons. The quantitative estimate of drug-likeness (QED) is 0.478. The molecule has 1 aromatic heterocycles. The molecule has 38 heavy (non-hydrogen) atoms. The number of carboxylic acids is 1. The number of aromatic nitrogens is 1. The molecule has 0 aliphatic carbocycles. The van der Waals surface area contributed by atoms with Gasteiger partial charge in [-0.05, 0) is 42.7 Å². The lowest BCUT2D eigenvalue weighted by molar-refractivity contribution is -0.143. The number of benzene rings is 1. The number of hydrogen-bond donors (Lipinski definition) is 1. The van der Waals surface area contributed by atoms with Crippen LogP contribution >= 0.6 is 0 Å². The van der Waals surface area contributed by atoms with Crippen LogP contribution in [0.3, 0.4) is 0 Å². The highest BCUT2D eigenvalue weighted by atomic mass is 16.7. The molecule has 3 atom stereocenters. The molecule has 2 aromatic rings. The molecule has 1 aromatic carbocycles. The van der Waals surface area contributed by atoms with Crippen LogP contribution in [0.5, 0.6) is 11.5 Å². The molecule has 1 fully saturated rings. The summed E-state index contributed by atoms with van der Waals surface area (Å²) in [6.45, 7) is 5.10. The van der Waals surface area contributed by atoms with Gasteiger partial charge in [-0.3, -0.25) is 24.3 Å². The lowest BCUT2D eigenvalue weighted by Gasteiger charge is -2.30. The van der Waals surface area contributed by atoms with Crippen molar-refractivity contribution >= 4 is 23.5 Å². The van der Waals surface area contributed by atoms with Crippen molar-refractivity contribution < 1.29 is 29.0 Å². The average molecular weight is 525 g/mol. The second kappa shape index (κ2) is 12.3. The van der Waals surface area contributed by atoms with Crippen molar-refractivity contribution in [3.8, 4) is 11.5 Å². The minimum atomic E-state index is -0.923. The topological polar surface area (TPSA) is 113 Å². The van der Waals surface area contributed by atoms with Crippen molar-refractivity contribution in [1.29, 1.82) is 0 Å². The van der Waals surface area contributed by atoms with Crippen molar-refractivity contribution in [3.63, 3.8) is 0 Å². The highest BCUT2D eigenvalue weighted by molar-refractivity contribution is 5.94. The molecule has 0 bridgehead atoms. The van der Waals surface area contributed by atoms with Crippen LogP contribution in [0.2, 0.25) is 0 Å². The maximum atomic E-state index is 13.7. The van der Waals surface area contributed by atoms with E-state index < -0.39 is 17.9 Å². The van der Waals surface area contributed by atoms with E-state index in [-0.39, 0.29) is 31.1 Å². The summed E-state index contributed by atoms with van der Waals surface area (Å²) in [5.74, 6) is -1.01. The minimum absolute atomic E-state index is 0.0674. The molecular formula is C28H36N4O6. The van der Waals surface area contributed by atoms with Gasteiger partial charge in [-0.25, -0.2) is 0 Å². The summed E-state index contributed by atoms with van der Waals surface area (Å²) in [6.07, 6.45) is 5.54. The number of unbranched alkanes of at least 4 members (excludes halogenated alkanes) is 1. The van der Waals surface area contributed by atoms with Gasteiger partial charge in [0.1, 0.15) is 0 Å². The number of pyridine rings is 1. The summed E-state index contributed by atoms with van der Waals surface area (Å²) >= 11 is 0. The number of anilines is 1. The molecule has 4 rings (SSSR count). The molecule has 1 unspecified atom stereocenters. The van der Waals surface area contributed by atoms with Gasteiger partial charge in [-0.2, -0.15) is 0 Å². The number of aliphatic carboxylic acids is 1. The van der Waals surface area contributed by atoms with Gasteiger partial charge in [-0.1, -0.05) is 19.4 Å². The average Bonchev–Trinajstić information content (AvgIpc) is 3.52. The third-order valence-corrected chi connectivity index (χ3v) is 7.49. The zero-order chi connectivity index (χ0) is 27.2. The number of amides is 2. The summed E-state index contributed by atoms with van der Waals surface area (Å²) in [5.41, 5.74) is 1.55. The van der Waals surface area contributed by atoms with Crippen LogP contribution in [0.4, 0.5) is 5.69 Å². The van der Waals surface area contributed by atoms with E-state index in [2.05, 4.69) is 11.9 Å². The SMILES string of the molecule is CCCCN(C(=O)CN1C[C@H](c2ccc3c(c2)OCO3)C(C(=O)O)[C@@H]1CCN(C)C(C)=O)c1cccnc1. The molecule has 2 aliphatic heterocycles. The van der Waals surface area contributed by atoms with Gasteiger partial charge in [0, 0.05) is 51.8 Å². The number of ether oxygens (including phenoxy) is 2. The fourth-order valence-electron chi connectivity index (χ4n) is 5.30. The number of likely N-dealkylation sites (tertiary alicyclic amines) is 1. The van der Waals surface area contributed by atoms with Crippen molar-refractivity contribution in [2.45, 2.75) is 45.1 Å². The molecule has 0 saturated carbocycles. The summed E-state index contributed by atoms with van der Waals surface area (Å²) in [6, 6.07) is 8.75. The molecule has 10 heteroatoms. The van der Waals surface area contributed by atoms with Crippen molar-refractivity contribution in [3.05, 3.63) is 48.3 Å². The van der Waals surface area contributed by atoms with Gasteiger partial charge < -0.3 is 24.4 Å². The number of rotatable bonds is 11. The Bertz CT molecular complexity index is 1140. The predicted octanol–water partition coefficient (Wildman–Crippen LogP) is 2.98. The van der Waals surface area contributed by atoms with Gasteiger partial charge >= 0.3 is 5.97 Å². The predicted molar refractivity (Wildman–Crippen MR) is 141 cm³/mol. The Morgan fingerprint density at radius 1 is 1.16 bits per heavy atom. The maximum absolute atomic E-state index is 13.7. The third-order valence-electron chi connectivity index (χ3n) is 7.49. The number of carboxylic acid groups (broad SMARTS) is 1. The molecule has 204 valence electrons. The van der Waals surface area contributed by atoms with Crippen LogP contribution in [-0.2, 0) is 14.4 Å². The summed E-state index contributed by atoms with van der Waals surface area (Å²) < 4.78 is 11.0. The highest BCUT2D eigenvalue weighted by Crippen LogP contribution is 2.42. The Kier molecular flexibility index (Phi) is 8.83. The molecule has 10 nitrogen and oxygen atoms in total. The standard InChI is InChI=1S/C28H36N4O6/c1-4-5-12-32(21-7-6-11-29-15-21)26(34)17-31-16-22(20-8-9-24-25(14-20)38-18-37-24)27(28(35)36)23(31)10-13-30(3)19(2)33/h6-9,11,14-15,22-23,27H,4-5,10,12-13,16-18H2,1-3H3,(H,35,36)/t22-,23+,27?/m1/s1. The monoisotopic (exact) mass is 524 g/mol. The number of fused-ring (bicyclic) bond motifs is 1. The van der Waals surface area contributed by atoms with Gasteiger partial charge in [0.05, 0.1) is 24.3 Å². The number of carbonyl (C=O) groups is 3. The van der Waals surface area contributed by atoms with E-state index in [0.29, 0.717) is 37.6 Å². The second-order valence-electron chi connectivity index (χ2n) is 9.92. The number of hydrogen-bond acceptors (Lipinski definition) is 7. The summed E-state index contributed by atoms with van der Waals surface area (Å²) in [4.78, 5) is 47.7. The molecule has 3 heterocycles. The van der Waals surface area contributed by atoms with Gasteiger partial charge in [0.2, 0.25) is 18.6 Å². The molecule has 1 saturated heterocycles. The van der Waals surface area contributed by atoms with Crippen LogP contribution in [-0.4, -0.2) is 83.7 Å². The Morgan fingerprint density at radius 2 is 1.95 bits per heavy atom. The largest absolute Gasteiger partial charge is 0.481 e. The molecule has 2 aliphatic rings. The molecule has 1 N–H and O–H groups in total. The number of nitrogens with zero attached hydrogens (tertiary/aromatic N) is 4. The van der Waals surface area contributed by atoms with E-state index in [1.165, 1.54) is 6.92 Å². The van der Waals surface area contributed by atoms with E-state index in [4.69, 9.17) is 9.47 Å². The van der Waals surface area contributed by atoms with Gasteiger partial charge in [-0.15, -0.1) is 0 Å². The van der Waals surface area contributed by atoms with Gasteiger partial charge in [0.15, 0.2) is 11.5 Å². The van der Waals surface area contributed by atoms with E-state index >= 15 is 0 Å². The van der Waals surface area contributed by atoms with Crippen molar-refractivity contribution in [1.82, 2.24) is 14.8 Å². The first-order chi connectivity index (χ1) is 18.3. The summed E-state index contributed by atoms with van der Waals surface area (Å²) in [7, 11) is 1.70. The van der Waals surface area contributed by atoms with Crippen molar-refractivity contribution in [2.75, 3.05) is 44.9 Å². The molecule has 2 amide bonds. The minimum Gasteiger partial charge on any atom is -0.481 e. The Balaban J connectivity index is 1.62.